The summed E-state index contributed by atoms with van der Waals surface area (Å²) in [6.07, 6.45) is 2.55. The molecule has 0 fully saturated rings. The number of carbonyl (C=O) groups is 2. The molecule has 0 unspecified atom stereocenters. The smallest absolute Gasteiger partial charge is 0.224 e. The van der Waals surface area contributed by atoms with Crippen LogP contribution in [0.2, 0.25) is 0 Å². The van der Waals surface area contributed by atoms with Crippen LogP contribution in [-0.4, -0.2) is 18.9 Å². The average molecular weight is 324 g/mol. The molecule has 0 saturated heterocycles. The molecule has 126 valence electrons. The summed E-state index contributed by atoms with van der Waals surface area (Å²) in [4.78, 5) is 23.4. The second kappa shape index (κ2) is 8.87. The number of hydrogen-bond donors (Lipinski definition) is 2. The normalized spacial score (nSPS) is 10.2. The fourth-order valence-electron chi connectivity index (χ4n) is 2.40. The summed E-state index contributed by atoms with van der Waals surface area (Å²) >= 11 is 0. The van der Waals surface area contributed by atoms with E-state index in [1.54, 1.807) is 7.05 Å². The molecular formula is C20H24N2O2. The molecule has 24 heavy (non-hydrogen) atoms. The maximum Gasteiger partial charge on any atom is 0.224 e. The number of rotatable bonds is 7. The van der Waals surface area contributed by atoms with Crippen LogP contribution in [0.25, 0.3) is 0 Å². The summed E-state index contributed by atoms with van der Waals surface area (Å²) in [5.41, 5.74) is 4.15. The summed E-state index contributed by atoms with van der Waals surface area (Å²) in [6.45, 7) is 2.13. The van der Waals surface area contributed by atoms with Crippen LogP contribution in [0.5, 0.6) is 0 Å². The molecule has 0 aromatic heterocycles. The second-order valence-electron chi connectivity index (χ2n) is 5.77. The van der Waals surface area contributed by atoms with Gasteiger partial charge in [-0.15, -0.1) is 0 Å². The van der Waals surface area contributed by atoms with E-state index >= 15 is 0 Å². The lowest BCUT2D eigenvalue weighted by molar-refractivity contribution is -0.120. The molecule has 2 aromatic rings. The van der Waals surface area contributed by atoms with Gasteiger partial charge in [0, 0.05) is 19.2 Å². The molecular weight excluding hydrogens is 300 g/mol. The van der Waals surface area contributed by atoms with E-state index in [4.69, 9.17) is 0 Å². The SMILES string of the molecule is CCc1ccc(CCC(=O)Nc2ccc(CC(=O)NC)cc2)cc1. The van der Waals surface area contributed by atoms with Crippen molar-refractivity contribution in [2.45, 2.75) is 32.6 Å². The van der Waals surface area contributed by atoms with Gasteiger partial charge < -0.3 is 10.6 Å². The summed E-state index contributed by atoms with van der Waals surface area (Å²) in [5, 5.41) is 5.48. The van der Waals surface area contributed by atoms with Gasteiger partial charge in [0.25, 0.3) is 0 Å². The zero-order valence-corrected chi connectivity index (χ0v) is 14.3. The van der Waals surface area contributed by atoms with Crippen LogP contribution in [-0.2, 0) is 28.9 Å². The minimum atomic E-state index is -0.0270. The molecule has 0 aliphatic heterocycles. The Bertz CT molecular complexity index is 676. The monoisotopic (exact) mass is 324 g/mol. The van der Waals surface area contributed by atoms with Crippen molar-refractivity contribution >= 4 is 17.5 Å². The third-order valence-electron chi connectivity index (χ3n) is 3.95. The molecule has 0 heterocycles. The van der Waals surface area contributed by atoms with E-state index in [2.05, 4.69) is 41.8 Å². The molecule has 0 saturated carbocycles. The predicted molar refractivity (Wildman–Crippen MR) is 97.0 cm³/mol. The number of likely N-dealkylation sites (N-methyl/N-ethyl adjacent to an activating group) is 1. The molecule has 0 atom stereocenters. The Morgan fingerprint density at radius 2 is 1.42 bits per heavy atom. The molecule has 0 aliphatic carbocycles. The molecule has 2 amide bonds. The van der Waals surface area contributed by atoms with Crippen molar-refractivity contribution in [3.05, 3.63) is 65.2 Å². The van der Waals surface area contributed by atoms with Crippen molar-refractivity contribution < 1.29 is 9.59 Å². The fourth-order valence-corrected chi connectivity index (χ4v) is 2.40. The Labute approximate surface area is 143 Å². The standard InChI is InChI=1S/C20H24N2O2/c1-3-15-4-6-16(7-5-15)10-13-19(23)22-18-11-8-17(9-12-18)14-20(24)21-2/h4-9,11-12H,3,10,13-14H2,1-2H3,(H,21,24)(H,22,23). The van der Waals surface area contributed by atoms with Crippen LogP contribution >= 0.6 is 0 Å². The van der Waals surface area contributed by atoms with Crippen molar-refractivity contribution in [3.63, 3.8) is 0 Å². The summed E-state index contributed by atoms with van der Waals surface area (Å²) in [5.74, 6) is -0.0329. The van der Waals surface area contributed by atoms with Crippen LogP contribution in [0, 0.1) is 0 Å². The first-order chi connectivity index (χ1) is 11.6. The highest BCUT2D eigenvalue weighted by atomic mass is 16.2. The quantitative estimate of drug-likeness (QED) is 0.822. The number of benzene rings is 2. The van der Waals surface area contributed by atoms with Gasteiger partial charge in [0.05, 0.1) is 6.42 Å². The van der Waals surface area contributed by atoms with Crippen LogP contribution in [0.3, 0.4) is 0 Å². The van der Waals surface area contributed by atoms with Crippen molar-refractivity contribution in [2.24, 2.45) is 0 Å². The van der Waals surface area contributed by atoms with Crippen LogP contribution in [0.15, 0.2) is 48.5 Å². The minimum absolute atomic E-state index is 0.00591. The molecule has 4 heteroatoms. The van der Waals surface area contributed by atoms with Crippen molar-refractivity contribution in [3.8, 4) is 0 Å². The van der Waals surface area contributed by atoms with Gasteiger partial charge in [0.15, 0.2) is 0 Å². The van der Waals surface area contributed by atoms with E-state index < -0.39 is 0 Å². The Hall–Kier alpha value is -2.62. The predicted octanol–water partition coefficient (Wildman–Crippen LogP) is 3.11. The van der Waals surface area contributed by atoms with E-state index in [-0.39, 0.29) is 11.8 Å². The second-order valence-corrected chi connectivity index (χ2v) is 5.77. The van der Waals surface area contributed by atoms with Crippen molar-refractivity contribution in [2.75, 3.05) is 12.4 Å². The maximum absolute atomic E-state index is 12.0. The van der Waals surface area contributed by atoms with Crippen LogP contribution in [0.1, 0.15) is 30.0 Å². The van der Waals surface area contributed by atoms with Gasteiger partial charge in [-0.1, -0.05) is 43.3 Å². The minimum Gasteiger partial charge on any atom is -0.359 e. The number of aryl methyl sites for hydroxylation is 2. The third kappa shape index (κ3) is 5.54. The van der Waals surface area contributed by atoms with E-state index in [0.717, 1.165) is 24.1 Å². The Balaban J connectivity index is 1.82. The highest BCUT2D eigenvalue weighted by Crippen LogP contribution is 2.12. The topological polar surface area (TPSA) is 58.2 Å². The first kappa shape index (κ1) is 17.7. The molecule has 4 nitrogen and oxygen atoms in total. The highest BCUT2D eigenvalue weighted by Gasteiger charge is 2.05. The lowest BCUT2D eigenvalue weighted by Crippen LogP contribution is -2.19. The molecule has 0 aliphatic rings. The van der Waals surface area contributed by atoms with Gasteiger partial charge in [-0.25, -0.2) is 0 Å². The summed E-state index contributed by atoms with van der Waals surface area (Å²) < 4.78 is 0. The molecule has 0 bridgehead atoms. The van der Waals surface area contributed by atoms with Crippen molar-refractivity contribution in [1.82, 2.24) is 5.32 Å². The zero-order chi connectivity index (χ0) is 17.4. The van der Waals surface area contributed by atoms with Gasteiger partial charge in [-0.2, -0.15) is 0 Å². The van der Waals surface area contributed by atoms with Gasteiger partial charge >= 0.3 is 0 Å². The van der Waals surface area contributed by atoms with E-state index in [9.17, 15) is 9.59 Å². The first-order valence-electron chi connectivity index (χ1n) is 8.28. The molecule has 0 radical (unpaired) electrons. The average Bonchev–Trinajstić information content (AvgIpc) is 2.62. The van der Waals surface area contributed by atoms with Gasteiger partial charge in [0.1, 0.15) is 0 Å². The summed E-state index contributed by atoms with van der Waals surface area (Å²) in [7, 11) is 1.62. The first-order valence-corrected chi connectivity index (χ1v) is 8.28. The summed E-state index contributed by atoms with van der Waals surface area (Å²) in [6, 6.07) is 15.7. The number of carbonyl (C=O) groups excluding carboxylic acids is 2. The molecule has 2 N–H and O–H groups in total. The Morgan fingerprint density at radius 3 is 2.00 bits per heavy atom. The van der Waals surface area contributed by atoms with Crippen LogP contribution < -0.4 is 10.6 Å². The number of nitrogens with one attached hydrogen (secondary N) is 2. The van der Waals surface area contributed by atoms with Gasteiger partial charge in [0.2, 0.25) is 11.8 Å². The third-order valence-corrected chi connectivity index (χ3v) is 3.95. The number of anilines is 1. The van der Waals surface area contributed by atoms with E-state index in [1.165, 1.54) is 11.1 Å². The molecule has 0 spiro atoms. The van der Waals surface area contributed by atoms with Gasteiger partial charge in [-0.05, 0) is 41.7 Å². The maximum atomic E-state index is 12.0. The fraction of sp³-hybridized carbons (Fsp3) is 0.300. The van der Waals surface area contributed by atoms with Crippen molar-refractivity contribution in [1.29, 1.82) is 0 Å². The lowest BCUT2D eigenvalue weighted by Gasteiger charge is -2.07. The lowest BCUT2D eigenvalue weighted by atomic mass is 10.1. The van der Waals surface area contributed by atoms with Crippen LogP contribution in [0.4, 0.5) is 5.69 Å². The number of amides is 2. The van der Waals surface area contributed by atoms with E-state index in [1.807, 2.05) is 24.3 Å². The molecule has 2 aromatic carbocycles. The van der Waals surface area contributed by atoms with Gasteiger partial charge in [-0.3, -0.25) is 9.59 Å². The Morgan fingerprint density at radius 1 is 0.833 bits per heavy atom. The molecule has 2 rings (SSSR count). The highest BCUT2D eigenvalue weighted by molar-refractivity contribution is 5.90. The zero-order valence-electron chi connectivity index (χ0n) is 14.3. The van der Waals surface area contributed by atoms with E-state index in [0.29, 0.717) is 12.8 Å². The largest absolute Gasteiger partial charge is 0.359 e. The number of hydrogen-bond acceptors (Lipinski definition) is 2. The Kier molecular flexibility index (Phi) is 6.55.